The number of benzene rings is 2. The van der Waals surface area contributed by atoms with Crippen LogP contribution in [0.3, 0.4) is 0 Å². The average molecular weight is 458 g/mol. The predicted octanol–water partition coefficient (Wildman–Crippen LogP) is 2.60. The second kappa shape index (κ2) is 8.46. The van der Waals surface area contributed by atoms with Crippen LogP contribution >= 0.6 is 11.6 Å². The van der Waals surface area contributed by atoms with Gasteiger partial charge in [-0.25, -0.2) is 4.90 Å². The molecule has 2 aromatic rings. The second-order valence-electron chi connectivity index (χ2n) is 7.20. The molecule has 32 heavy (non-hydrogen) atoms. The molecule has 166 valence electrons. The molecule has 1 saturated heterocycles. The highest BCUT2D eigenvalue weighted by atomic mass is 35.5. The Balaban J connectivity index is 1.52. The van der Waals surface area contributed by atoms with Crippen LogP contribution in [0.2, 0.25) is 5.02 Å². The summed E-state index contributed by atoms with van der Waals surface area (Å²) < 4.78 is 10.5. The van der Waals surface area contributed by atoms with Gasteiger partial charge < -0.3 is 14.8 Å². The van der Waals surface area contributed by atoms with Gasteiger partial charge in [-0.1, -0.05) is 22.9 Å². The van der Waals surface area contributed by atoms with Crippen LogP contribution in [-0.4, -0.2) is 55.6 Å². The van der Waals surface area contributed by atoms with Crippen LogP contribution in [0, 0.1) is 6.92 Å². The van der Waals surface area contributed by atoms with E-state index in [0.29, 0.717) is 27.9 Å². The molecule has 1 fully saturated rings. The van der Waals surface area contributed by atoms with Gasteiger partial charge in [0.15, 0.2) is 23.6 Å². The number of rotatable bonds is 6. The molecule has 2 aliphatic heterocycles. The summed E-state index contributed by atoms with van der Waals surface area (Å²) in [5.74, 6) is -0.629. The van der Waals surface area contributed by atoms with E-state index < -0.39 is 29.8 Å². The van der Waals surface area contributed by atoms with Crippen LogP contribution in [0.25, 0.3) is 0 Å². The Bertz CT molecular complexity index is 1140. The SMILES string of the molecule is COc1ccc(N2C(=O)C3N=NN(CC(=O)Nc4cccc(Cl)c4C)C3C2=O)cc1OC. The van der Waals surface area contributed by atoms with Crippen LogP contribution in [0.5, 0.6) is 11.5 Å². The zero-order valence-corrected chi connectivity index (χ0v) is 18.3. The lowest BCUT2D eigenvalue weighted by molar-refractivity contribution is -0.123. The third kappa shape index (κ3) is 3.62. The first-order chi connectivity index (χ1) is 15.3. The van der Waals surface area contributed by atoms with Gasteiger partial charge in [0.25, 0.3) is 11.8 Å². The lowest BCUT2D eigenvalue weighted by Crippen LogP contribution is -2.43. The molecule has 1 N–H and O–H groups in total. The quantitative estimate of drug-likeness (QED) is 0.667. The van der Waals surface area contributed by atoms with Gasteiger partial charge in [-0.3, -0.25) is 19.4 Å². The number of imide groups is 1. The van der Waals surface area contributed by atoms with Gasteiger partial charge >= 0.3 is 0 Å². The number of hydrogen-bond acceptors (Lipinski definition) is 8. The van der Waals surface area contributed by atoms with E-state index in [2.05, 4.69) is 15.7 Å². The molecule has 2 atom stereocenters. The minimum absolute atomic E-state index is 0.255. The van der Waals surface area contributed by atoms with Gasteiger partial charge in [0.2, 0.25) is 5.91 Å². The summed E-state index contributed by atoms with van der Waals surface area (Å²) in [7, 11) is 2.95. The number of carbonyl (C=O) groups excluding carboxylic acids is 3. The number of fused-ring (bicyclic) bond motifs is 1. The largest absolute Gasteiger partial charge is 0.493 e. The second-order valence-corrected chi connectivity index (χ2v) is 7.61. The van der Waals surface area contributed by atoms with Crippen LogP contribution in [0.1, 0.15) is 5.56 Å². The number of anilines is 2. The van der Waals surface area contributed by atoms with E-state index in [9.17, 15) is 14.4 Å². The van der Waals surface area contributed by atoms with Crippen molar-refractivity contribution in [3.05, 3.63) is 47.0 Å². The first-order valence-electron chi connectivity index (χ1n) is 9.68. The zero-order valence-electron chi connectivity index (χ0n) is 17.5. The smallest absolute Gasteiger partial charge is 0.263 e. The maximum absolute atomic E-state index is 13.1. The standard InChI is InChI=1S/C21H20ClN5O5/c1-11-13(22)5-4-6-14(11)23-17(28)10-26-19-18(24-25-26)20(29)27(21(19)30)12-7-8-15(31-2)16(9-12)32-3/h4-9,18-19H,10H2,1-3H3,(H,23,28). The summed E-state index contributed by atoms with van der Waals surface area (Å²) in [6.45, 7) is 1.53. The summed E-state index contributed by atoms with van der Waals surface area (Å²) in [5.41, 5.74) is 1.59. The molecule has 0 spiro atoms. The van der Waals surface area contributed by atoms with Crippen molar-refractivity contribution in [1.82, 2.24) is 5.01 Å². The van der Waals surface area contributed by atoms with Crippen molar-refractivity contribution in [2.24, 2.45) is 10.3 Å². The molecule has 3 amide bonds. The minimum atomic E-state index is -1.02. The first kappa shape index (κ1) is 21.6. The highest BCUT2D eigenvalue weighted by Gasteiger charge is 2.55. The van der Waals surface area contributed by atoms with Crippen LogP contribution < -0.4 is 19.7 Å². The first-order valence-corrected chi connectivity index (χ1v) is 10.1. The van der Waals surface area contributed by atoms with E-state index in [1.165, 1.54) is 25.3 Å². The fraction of sp³-hybridized carbons (Fsp3) is 0.286. The lowest BCUT2D eigenvalue weighted by atomic mass is 10.1. The Hall–Kier alpha value is -3.66. The molecule has 10 nitrogen and oxygen atoms in total. The van der Waals surface area contributed by atoms with Gasteiger partial charge in [0.05, 0.1) is 19.9 Å². The van der Waals surface area contributed by atoms with Crippen molar-refractivity contribution < 1.29 is 23.9 Å². The molecule has 2 aromatic carbocycles. The average Bonchev–Trinajstić information content (AvgIpc) is 3.30. The number of ether oxygens (including phenoxy) is 2. The number of amides is 3. The van der Waals surface area contributed by atoms with E-state index in [1.54, 1.807) is 37.3 Å². The molecule has 2 aliphatic rings. The maximum Gasteiger partial charge on any atom is 0.263 e. The molecule has 0 aliphatic carbocycles. The van der Waals surface area contributed by atoms with Crippen molar-refractivity contribution in [3.8, 4) is 11.5 Å². The van der Waals surface area contributed by atoms with E-state index in [4.69, 9.17) is 21.1 Å². The van der Waals surface area contributed by atoms with Gasteiger partial charge in [0.1, 0.15) is 6.54 Å². The molecule has 11 heteroatoms. The molecule has 2 heterocycles. The number of halogens is 1. The number of carbonyl (C=O) groups is 3. The molecule has 2 unspecified atom stereocenters. The fourth-order valence-corrected chi connectivity index (χ4v) is 3.83. The molecule has 0 aromatic heterocycles. The van der Waals surface area contributed by atoms with E-state index in [0.717, 1.165) is 10.5 Å². The summed E-state index contributed by atoms with van der Waals surface area (Å²) >= 11 is 6.09. The Morgan fingerprint density at radius 2 is 1.88 bits per heavy atom. The highest BCUT2D eigenvalue weighted by Crippen LogP contribution is 2.36. The summed E-state index contributed by atoms with van der Waals surface area (Å²) in [6.07, 6.45) is 0. The third-order valence-electron chi connectivity index (χ3n) is 5.33. The number of nitrogens with one attached hydrogen (secondary N) is 1. The van der Waals surface area contributed by atoms with Crippen molar-refractivity contribution in [2.45, 2.75) is 19.0 Å². The summed E-state index contributed by atoms with van der Waals surface area (Å²) in [5, 5.41) is 12.3. The Kier molecular flexibility index (Phi) is 5.70. The molecule has 0 radical (unpaired) electrons. The van der Waals surface area contributed by atoms with Gasteiger partial charge in [-0.05, 0) is 36.8 Å². The van der Waals surface area contributed by atoms with Gasteiger partial charge in [-0.15, -0.1) is 0 Å². The van der Waals surface area contributed by atoms with Crippen LogP contribution in [0.15, 0.2) is 46.7 Å². The lowest BCUT2D eigenvalue weighted by Gasteiger charge is -2.21. The fourth-order valence-electron chi connectivity index (χ4n) is 3.65. The molecular weight excluding hydrogens is 438 g/mol. The summed E-state index contributed by atoms with van der Waals surface area (Å²) in [6, 6.07) is 7.85. The Labute approximate surface area is 188 Å². The molecule has 4 rings (SSSR count). The van der Waals surface area contributed by atoms with E-state index in [-0.39, 0.29) is 6.54 Å². The van der Waals surface area contributed by atoms with E-state index in [1.807, 2.05) is 0 Å². The van der Waals surface area contributed by atoms with E-state index >= 15 is 0 Å². The van der Waals surface area contributed by atoms with Crippen molar-refractivity contribution in [1.29, 1.82) is 0 Å². The molecular formula is C21H20ClN5O5. The monoisotopic (exact) mass is 457 g/mol. The van der Waals surface area contributed by atoms with Crippen molar-refractivity contribution in [2.75, 3.05) is 31.0 Å². The van der Waals surface area contributed by atoms with Gasteiger partial charge in [-0.2, -0.15) is 5.11 Å². The summed E-state index contributed by atoms with van der Waals surface area (Å²) in [4.78, 5) is 39.6. The number of hydrogen-bond donors (Lipinski definition) is 1. The van der Waals surface area contributed by atoms with Crippen molar-refractivity contribution in [3.63, 3.8) is 0 Å². The zero-order chi connectivity index (χ0) is 23.0. The predicted molar refractivity (Wildman–Crippen MR) is 116 cm³/mol. The third-order valence-corrected chi connectivity index (χ3v) is 5.74. The Morgan fingerprint density at radius 1 is 1.12 bits per heavy atom. The molecule has 0 bridgehead atoms. The normalized spacial score (nSPS) is 19.4. The van der Waals surface area contributed by atoms with Crippen LogP contribution in [0.4, 0.5) is 11.4 Å². The highest BCUT2D eigenvalue weighted by molar-refractivity contribution is 6.31. The van der Waals surface area contributed by atoms with Gasteiger partial charge in [0, 0.05) is 16.8 Å². The molecule has 0 saturated carbocycles. The maximum atomic E-state index is 13.1. The van der Waals surface area contributed by atoms with Crippen LogP contribution in [-0.2, 0) is 14.4 Å². The Morgan fingerprint density at radius 3 is 2.59 bits per heavy atom. The topological polar surface area (TPSA) is 113 Å². The number of nitrogens with zero attached hydrogens (tertiary/aromatic N) is 4. The minimum Gasteiger partial charge on any atom is -0.493 e. The van der Waals surface area contributed by atoms with Crippen molar-refractivity contribution >= 4 is 40.7 Å². The number of methoxy groups -OCH3 is 2.